The maximum absolute atomic E-state index is 8.81. The van der Waals surface area contributed by atoms with Gasteiger partial charge in [-0.05, 0) is 13.3 Å². The summed E-state index contributed by atoms with van der Waals surface area (Å²) in [5.74, 6) is 0.372. The van der Waals surface area contributed by atoms with Crippen LogP contribution in [0.25, 0.3) is 17.4 Å². The third-order valence-corrected chi connectivity index (χ3v) is 2.25. The van der Waals surface area contributed by atoms with Gasteiger partial charge in [0.1, 0.15) is 12.7 Å². The minimum atomic E-state index is 0.131. The van der Waals surface area contributed by atoms with E-state index in [4.69, 9.17) is 10.8 Å². The number of nitrogen functional groups attached to an aromatic ring is 1. The highest BCUT2D eigenvalue weighted by atomic mass is 16.2. The largest absolute Gasteiger partial charge is 0.396 e. The summed E-state index contributed by atoms with van der Waals surface area (Å²) in [5.41, 5.74) is 7.98. The molecule has 0 spiro atoms. The standard InChI is InChI=1S/C10H13N5O/c1-7(2-3-16)4-15-6-14-8-9(11)12-5-13-10(8)15/h4-6,16H,2-3H2,1H3,(H2,11,12,13)/b7-4-. The fourth-order valence-corrected chi connectivity index (χ4v) is 1.44. The van der Waals surface area contributed by atoms with Crippen LogP contribution >= 0.6 is 0 Å². The molecular formula is C10H13N5O. The smallest absolute Gasteiger partial charge is 0.169 e. The number of aromatic nitrogens is 4. The molecule has 2 aromatic rings. The molecule has 0 amide bonds. The first-order chi connectivity index (χ1) is 7.72. The molecule has 0 aliphatic rings. The number of fused-ring (bicyclic) bond motifs is 1. The number of nitrogens with zero attached hydrogens (tertiary/aromatic N) is 4. The van der Waals surface area contributed by atoms with E-state index < -0.39 is 0 Å². The van der Waals surface area contributed by atoms with Crippen LogP contribution in [0.1, 0.15) is 13.3 Å². The van der Waals surface area contributed by atoms with Gasteiger partial charge in [-0.1, -0.05) is 5.57 Å². The highest BCUT2D eigenvalue weighted by Gasteiger charge is 2.05. The maximum Gasteiger partial charge on any atom is 0.169 e. The lowest BCUT2D eigenvalue weighted by molar-refractivity contribution is 0.299. The van der Waals surface area contributed by atoms with Crippen molar-refractivity contribution in [3.05, 3.63) is 18.2 Å². The van der Waals surface area contributed by atoms with Crippen molar-refractivity contribution in [2.24, 2.45) is 0 Å². The molecule has 2 aromatic heterocycles. The number of anilines is 1. The van der Waals surface area contributed by atoms with Crippen LogP contribution in [0.15, 0.2) is 18.2 Å². The first-order valence-electron chi connectivity index (χ1n) is 4.93. The molecule has 0 atom stereocenters. The Kier molecular flexibility index (Phi) is 2.82. The quantitative estimate of drug-likeness (QED) is 0.791. The average molecular weight is 219 g/mol. The van der Waals surface area contributed by atoms with Gasteiger partial charge in [-0.2, -0.15) is 0 Å². The van der Waals surface area contributed by atoms with Gasteiger partial charge in [-0.3, -0.25) is 4.57 Å². The highest BCUT2D eigenvalue weighted by molar-refractivity contribution is 5.82. The maximum atomic E-state index is 8.81. The van der Waals surface area contributed by atoms with Crippen molar-refractivity contribution in [1.82, 2.24) is 19.5 Å². The van der Waals surface area contributed by atoms with Crippen LogP contribution in [0.3, 0.4) is 0 Å². The SMILES string of the molecule is C/C(=C/n1cnc2c(N)ncnc21)CCO. The van der Waals surface area contributed by atoms with Gasteiger partial charge in [0.15, 0.2) is 17.0 Å². The number of aliphatic hydroxyl groups excluding tert-OH is 1. The predicted octanol–water partition coefficient (Wildman–Crippen LogP) is 0.652. The summed E-state index contributed by atoms with van der Waals surface area (Å²) in [6, 6.07) is 0. The molecular weight excluding hydrogens is 206 g/mol. The molecule has 0 saturated heterocycles. The zero-order valence-corrected chi connectivity index (χ0v) is 8.96. The van der Waals surface area contributed by atoms with Crippen molar-refractivity contribution < 1.29 is 5.11 Å². The Morgan fingerprint density at radius 1 is 1.50 bits per heavy atom. The fraction of sp³-hybridized carbons (Fsp3) is 0.300. The van der Waals surface area contributed by atoms with E-state index in [1.807, 2.05) is 13.1 Å². The lowest BCUT2D eigenvalue weighted by atomic mass is 10.2. The average Bonchev–Trinajstić information content (AvgIpc) is 2.64. The molecule has 0 aliphatic carbocycles. The molecule has 0 unspecified atom stereocenters. The Morgan fingerprint density at radius 3 is 3.06 bits per heavy atom. The van der Waals surface area contributed by atoms with Gasteiger partial charge in [-0.15, -0.1) is 0 Å². The molecule has 2 rings (SSSR count). The molecule has 3 N–H and O–H groups in total. The monoisotopic (exact) mass is 219 g/mol. The molecule has 0 aromatic carbocycles. The fourth-order valence-electron chi connectivity index (χ4n) is 1.44. The number of rotatable bonds is 3. The number of nitrogens with two attached hydrogens (primary N) is 1. The lowest BCUT2D eigenvalue weighted by Crippen LogP contribution is -1.95. The van der Waals surface area contributed by atoms with Gasteiger partial charge < -0.3 is 10.8 Å². The molecule has 0 bridgehead atoms. The summed E-state index contributed by atoms with van der Waals surface area (Å²) in [7, 11) is 0. The number of hydrogen-bond acceptors (Lipinski definition) is 5. The van der Waals surface area contributed by atoms with Gasteiger partial charge in [0.2, 0.25) is 0 Å². The number of aliphatic hydroxyl groups is 1. The topological polar surface area (TPSA) is 89.9 Å². The van der Waals surface area contributed by atoms with Crippen LogP contribution < -0.4 is 5.73 Å². The van der Waals surface area contributed by atoms with E-state index >= 15 is 0 Å². The van der Waals surface area contributed by atoms with E-state index in [9.17, 15) is 0 Å². The van der Waals surface area contributed by atoms with Gasteiger partial charge >= 0.3 is 0 Å². The molecule has 0 aliphatic heterocycles. The summed E-state index contributed by atoms with van der Waals surface area (Å²) in [4.78, 5) is 12.1. The lowest BCUT2D eigenvalue weighted by Gasteiger charge is -2.00. The second kappa shape index (κ2) is 4.28. The summed E-state index contributed by atoms with van der Waals surface area (Å²) >= 11 is 0. The Morgan fingerprint density at radius 2 is 2.31 bits per heavy atom. The Balaban J connectivity index is 2.47. The first kappa shape index (κ1) is 10.6. The molecule has 0 saturated carbocycles. The Bertz CT molecular complexity index is 531. The van der Waals surface area contributed by atoms with Crippen LogP contribution in [-0.4, -0.2) is 31.2 Å². The zero-order chi connectivity index (χ0) is 11.5. The van der Waals surface area contributed by atoms with Gasteiger partial charge in [-0.25, -0.2) is 15.0 Å². The summed E-state index contributed by atoms with van der Waals surface area (Å²) < 4.78 is 1.78. The Hall–Kier alpha value is -1.95. The summed E-state index contributed by atoms with van der Waals surface area (Å²) in [6.45, 7) is 2.07. The predicted molar refractivity (Wildman–Crippen MR) is 61.4 cm³/mol. The molecule has 6 heteroatoms. The van der Waals surface area contributed by atoms with E-state index in [2.05, 4.69) is 15.0 Å². The summed E-state index contributed by atoms with van der Waals surface area (Å²) in [5, 5.41) is 8.81. The zero-order valence-electron chi connectivity index (χ0n) is 8.96. The number of hydrogen-bond donors (Lipinski definition) is 2. The highest BCUT2D eigenvalue weighted by Crippen LogP contribution is 2.15. The van der Waals surface area contributed by atoms with E-state index in [1.54, 1.807) is 10.9 Å². The van der Waals surface area contributed by atoms with Crippen molar-refractivity contribution >= 4 is 23.2 Å². The van der Waals surface area contributed by atoms with Gasteiger partial charge in [0.05, 0.1) is 0 Å². The van der Waals surface area contributed by atoms with E-state index in [0.717, 1.165) is 5.57 Å². The van der Waals surface area contributed by atoms with Gasteiger partial charge in [0.25, 0.3) is 0 Å². The normalized spacial score (nSPS) is 12.2. The second-order valence-electron chi connectivity index (χ2n) is 3.53. The van der Waals surface area contributed by atoms with Crippen molar-refractivity contribution in [2.45, 2.75) is 13.3 Å². The van der Waals surface area contributed by atoms with E-state index in [-0.39, 0.29) is 6.61 Å². The van der Waals surface area contributed by atoms with E-state index in [0.29, 0.717) is 23.4 Å². The second-order valence-corrected chi connectivity index (χ2v) is 3.53. The molecule has 2 heterocycles. The minimum absolute atomic E-state index is 0.131. The van der Waals surface area contributed by atoms with Crippen LogP contribution in [0.4, 0.5) is 5.82 Å². The van der Waals surface area contributed by atoms with Crippen LogP contribution in [0, 0.1) is 0 Å². The van der Waals surface area contributed by atoms with Crippen molar-refractivity contribution in [3.63, 3.8) is 0 Å². The first-order valence-corrected chi connectivity index (χ1v) is 4.93. The van der Waals surface area contributed by atoms with Gasteiger partial charge in [0, 0.05) is 12.8 Å². The number of imidazole rings is 1. The molecule has 0 fully saturated rings. The summed E-state index contributed by atoms with van der Waals surface area (Å²) in [6.07, 6.45) is 5.54. The Labute approximate surface area is 92.5 Å². The third kappa shape index (κ3) is 1.87. The van der Waals surface area contributed by atoms with E-state index in [1.165, 1.54) is 6.33 Å². The molecule has 0 radical (unpaired) electrons. The molecule has 16 heavy (non-hydrogen) atoms. The van der Waals surface area contributed by atoms with Crippen molar-refractivity contribution in [2.75, 3.05) is 12.3 Å². The molecule has 84 valence electrons. The third-order valence-electron chi connectivity index (χ3n) is 2.25. The van der Waals surface area contributed by atoms with Crippen LogP contribution in [-0.2, 0) is 0 Å². The molecule has 6 nitrogen and oxygen atoms in total. The van der Waals surface area contributed by atoms with Crippen LogP contribution in [0.5, 0.6) is 0 Å². The minimum Gasteiger partial charge on any atom is -0.396 e. The van der Waals surface area contributed by atoms with Crippen molar-refractivity contribution in [3.8, 4) is 0 Å². The van der Waals surface area contributed by atoms with Crippen molar-refractivity contribution in [1.29, 1.82) is 0 Å². The van der Waals surface area contributed by atoms with Crippen LogP contribution in [0.2, 0.25) is 0 Å².